The number of rotatable bonds is 9. The van der Waals surface area contributed by atoms with Gasteiger partial charge in [-0.1, -0.05) is 19.4 Å². The molecule has 0 bridgehead atoms. The van der Waals surface area contributed by atoms with Crippen molar-refractivity contribution >= 4 is 21.6 Å². The van der Waals surface area contributed by atoms with Gasteiger partial charge in [-0.3, -0.25) is 4.79 Å². The highest BCUT2D eigenvalue weighted by atomic mass is 32.2. The largest absolute Gasteiger partial charge is 0.484 e. The van der Waals surface area contributed by atoms with Crippen molar-refractivity contribution in [1.82, 2.24) is 4.72 Å². The molecule has 0 radical (unpaired) electrons. The van der Waals surface area contributed by atoms with Crippen molar-refractivity contribution in [3.8, 4) is 5.75 Å². The van der Waals surface area contributed by atoms with E-state index in [1.54, 1.807) is 6.07 Å². The third kappa shape index (κ3) is 6.12. The first-order chi connectivity index (χ1) is 12.4. The number of benzene rings is 2. The van der Waals surface area contributed by atoms with Crippen molar-refractivity contribution in [2.24, 2.45) is 0 Å². The summed E-state index contributed by atoms with van der Waals surface area (Å²) < 4.78 is 45.0. The number of nitrogens with one attached hydrogen (secondary N) is 2. The number of sulfonamides is 1. The predicted octanol–water partition coefficient (Wildman–Crippen LogP) is 2.92. The van der Waals surface area contributed by atoms with Crippen molar-refractivity contribution in [2.75, 3.05) is 18.5 Å². The topological polar surface area (TPSA) is 84.5 Å². The van der Waals surface area contributed by atoms with Crippen LogP contribution in [0.2, 0.25) is 0 Å². The summed E-state index contributed by atoms with van der Waals surface area (Å²) >= 11 is 0. The van der Waals surface area contributed by atoms with E-state index in [9.17, 15) is 17.6 Å². The number of carbonyl (C=O) groups excluding carboxylic acids is 1. The Bertz CT molecular complexity index is 839. The Morgan fingerprint density at radius 3 is 2.54 bits per heavy atom. The fourth-order valence-corrected chi connectivity index (χ4v) is 3.17. The number of amides is 1. The van der Waals surface area contributed by atoms with Crippen molar-refractivity contribution in [3.05, 3.63) is 54.3 Å². The Labute approximate surface area is 152 Å². The molecule has 2 N–H and O–H groups in total. The van der Waals surface area contributed by atoms with E-state index in [-0.39, 0.29) is 11.5 Å². The van der Waals surface area contributed by atoms with Gasteiger partial charge in [-0.2, -0.15) is 0 Å². The second kappa shape index (κ2) is 9.30. The Kier molecular flexibility index (Phi) is 7.11. The third-order valence-electron chi connectivity index (χ3n) is 3.43. The molecule has 8 heteroatoms. The molecule has 0 aliphatic heterocycles. The minimum Gasteiger partial charge on any atom is -0.484 e. The highest BCUT2D eigenvalue weighted by Gasteiger charge is 2.13. The summed E-state index contributed by atoms with van der Waals surface area (Å²) in [6.45, 7) is 2.08. The summed E-state index contributed by atoms with van der Waals surface area (Å²) in [5, 5.41) is 2.51. The van der Waals surface area contributed by atoms with Gasteiger partial charge in [0.2, 0.25) is 10.0 Å². The smallest absolute Gasteiger partial charge is 0.262 e. The fraction of sp³-hybridized carbons (Fsp3) is 0.278. The Hall–Kier alpha value is -2.45. The third-order valence-corrected chi connectivity index (χ3v) is 4.91. The highest BCUT2D eigenvalue weighted by molar-refractivity contribution is 7.89. The predicted molar refractivity (Wildman–Crippen MR) is 97.1 cm³/mol. The summed E-state index contributed by atoms with van der Waals surface area (Å²) in [5.74, 6) is -0.548. The molecule has 2 aromatic carbocycles. The molecule has 0 aliphatic carbocycles. The van der Waals surface area contributed by atoms with Crippen LogP contribution >= 0.6 is 0 Å². The molecule has 26 heavy (non-hydrogen) atoms. The lowest BCUT2D eigenvalue weighted by Crippen LogP contribution is -2.24. The molecule has 0 saturated heterocycles. The second-order valence-electron chi connectivity index (χ2n) is 5.57. The number of hydrogen-bond acceptors (Lipinski definition) is 4. The number of carbonyl (C=O) groups is 1. The maximum absolute atomic E-state index is 13.1. The lowest BCUT2D eigenvalue weighted by molar-refractivity contribution is -0.118. The average Bonchev–Trinajstić information content (AvgIpc) is 2.60. The maximum Gasteiger partial charge on any atom is 0.262 e. The van der Waals surface area contributed by atoms with E-state index in [0.717, 1.165) is 12.8 Å². The van der Waals surface area contributed by atoms with E-state index < -0.39 is 21.7 Å². The SMILES string of the molecule is CCCCNS(=O)(=O)c1ccc(OCC(=O)Nc2cccc(F)c2)cc1. The number of halogens is 1. The van der Waals surface area contributed by atoms with E-state index in [2.05, 4.69) is 10.0 Å². The first-order valence-electron chi connectivity index (χ1n) is 8.18. The van der Waals surface area contributed by atoms with Gasteiger partial charge >= 0.3 is 0 Å². The molecule has 1 amide bonds. The van der Waals surface area contributed by atoms with Crippen LogP contribution in [0.3, 0.4) is 0 Å². The van der Waals surface area contributed by atoms with Gasteiger partial charge in [-0.15, -0.1) is 0 Å². The van der Waals surface area contributed by atoms with E-state index >= 15 is 0 Å². The van der Waals surface area contributed by atoms with Gasteiger partial charge in [0.05, 0.1) is 4.90 Å². The quantitative estimate of drug-likeness (QED) is 0.655. The zero-order chi connectivity index (χ0) is 19.0. The van der Waals surface area contributed by atoms with Gasteiger partial charge in [-0.05, 0) is 48.9 Å². The van der Waals surface area contributed by atoms with Crippen LogP contribution in [-0.2, 0) is 14.8 Å². The maximum atomic E-state index is 13.1. The molecule has 0 fully saturated rings. The van der Waals surface area contributed by atoms with Gasteiger partial charge in [-0.25, -0.2) is 17.5 Å². The molecule has 0 spiro atoms. The van der Waals surface area contributed by atoms with Crippen LogP contribution in [0.25, 0.3) is 0 Å². The van der Waals surface area contributed by atoms with Crippen LogP contribution in [0, 0.1) is 5.82 Å². The molecule has 140 valence electrons. The first-order valence-corrected chi connectivity index (χ1v) is 9.67. The summed E-state index contributed by atoms with van der Waals surface area (Å²) in [7, 11) is -3.55. The molecule has 0 aliphatic rings. The summed E-state index contributed by atoms with van der Waals surface area (Å²) in [6, 6.07) is 11.3. The minimum atomic E-state index is -3.55. The van der Waals surface area contributed by atoms with E-state index in [4.69, 9.17) is 4.74 Å². The first kappa shape index (κ1) is 19.9. The van der Waals surface area contributed by atoms with Crippen molar-refractivity contribution in [3.63, 3.8) is 0 Å². The molecule has 2 rings (SSSR count). The molecule has 0 unspecified atom stereocenters. The van der Waals surface area contributed by atoms with Crippen LogP contribution in [0.1, 0.15) is 19.8 Å². The monoisotopic (exact) mass is 380 g/mol. The summed E-state index contributed by atoms with van der Waals surface area (Å²) in [4.78, 5) is 11.9. The lowest BCUT2D eigenvalue weighted by atomic mass is 10.3. The molecule has 2 aromatic rings. The van der Waals surface area contributed by atoms with Crippen molar-refractivity contribution in [2.45, 2.75) is 24.7 Å². The van der Waals surface area contributed by atoms with E-state index in [1.165, 1.54) is 42.5 Å². The fourth-order valence-electron chi connectivity index (χ4n) is 2.09. The van der Waals surface area contributed by atoms with Gasteiger partial charge in [0.25, 0.3) is 5.91 Å². The highest BCUT2D eigenvalue weighted by Crippen LogP contribution is 2.16. The summed E-state index contributed by atoms with van der Waals surface area (Å²) in [6.07, 6.45) is 1.66. The molecule has 0 atom stereocenters. The molecule has 0 saturated carbocycles. The number of anilines is 1. The minimum absolute atomic E-state index is 0.130. The Balaban J connectivity index is 1.88. The second-order valence-corrected chi connectivity index (χ2v) is 7.34. The number of ether oxygens (including phenoxy) is 1. The summed E-state index contributed by atoms with van der Waals surface area (Å²) in [5.41, 5.74) is 0.332. The van der Waals surface area contributed by atoms with Crippen LogP contribution in [0.4, 0.5) is 10.1 Å². The van der Waals surface area contributed by atoms with Crippen LogP contribution in [0.15, 0.2) is 53.4 Å². The zero-order valence-corrected chi connectivity index (χ0v) is 15.2. The van der Waals surface area contributed by atoms with Crippen LogP contribution in [0.5, 0.6) is 5.75 Å². The molecule has 0 heterocycles. The average molecular weight is 380 g/mol. The zero-order valence-electron chi connectivity index (χ0n) is 14.4. The normalized spacial score (nSPS) is 11.2. The van der Waals surface area contributed by atoms with E-state index in [1.807, 2.05) is 6.92 Å². The van der Waals surface area contributed by atoms with Crippen molar-refractivity contribution < 1.29 is 22.3 Å². The van der Waals surface area contributed by atoms with Crippen LogP contribution < -0.4 is 14.8 Å². The molecular weight excluding hydrogens is 359 g/mol. The van der Waals surface area contributed by atoms with Gasteiger partial charge in [0.1, 0.15) is 11.6 Å². The molecule has 6 nitrogen and oxygen atoms in total. The molecular formula is C18H21FN2O4S. The molecule has 0 aromatic heterocycles. The van der Waals surface area contributed by atoms with Crippen LogP contribution in [-0.4, -0.2) is 27.5 Å². The van der Waals surface area contributed by atoms with Gasteiger partial charge < -0.3 is 10.1 Å². The van der Waals surface area contributed by atoms with E-state index in [0.29, 0.717) is 18.0 Å². The van der Waals surface area contributed by atoms with Gasteiger partial charge in [0.15, 0.2) is 6.61 Å². The number of hydrogen-bond donors (Lipinski definition) is 2. The Morgan fingerprint density at radius 1 is 1.15 bits per heavy atom. The Morgan fingerprint density at radius 2 is 1.88 bits per heavy atom. The van der Waals surface area contributed by atoms with Crippen molar-refractivity contribution in [1.29, 1.82) is 0 Å². The standard InChI is InChI=1S/C18H21FN2O4S/c1-2-3-11-20-26(23,24)17-9-7-16(8-10-17)25-13-18(22)21-15-6-4-5-14(19)12-15/h4-10,12,20H,2-3,11,13H2,1H3,(H,21,22). The van der Waals surface area contributed by atoms with Gasteiger partial charge in [0, 0.05) is 12.2 Å². The number of unbranched alkanes of at least 4 members (excludes halogenated alkanes) is 1. The lowest BCUT2D eigenvalue weighted by Gasteiger charge is -2.09.